The van der Waals surface area contributed by atoms with E-state index in [0.29, 0.717) is 22.6 Å². The molecule has 0 aliphatic carbocycles. The molecule has 0 radical (unpaired) electrons. The van der Waals surface area contributed by atoms with Gasteiger partial charge in [-0.1, -0.05) is 23.7 Å². The van der Waals surface area contributed by atoms with E-state index in [-0.39, 0.29) is 12.3 Å². The summed E-state index contributed by atoms with van der Waals surface area (Å²) >= 11 is 5.71. The first kappa shape index (κ1) is 22.5. The van der Waals surface area contributed by atoms with Crippen molar-refractivity contribution in [2.24, 2.45) is 7.05 Å². The van der Waals surface area contributed by atoms with E-state index in [1.54, 1.807) is 31.3 Å². The van der Waals surface area contributed by atoms with Crippen LogP contribution in [0.4, 0.5) is 17.6 Å². The molecule has 31 heavy (non-hydrogen) atoms. The molecule has 1 aromatic carbocycles. The van der Waals surface area contributed by atoms with Crippen molar-refractivity contribution in [3.63, 3.8) is 0 Å². The second-order valence-electron chi connectivity index (χ2n) is 6.45. The molecule has 0 unspecified atom stereocenters. The summed E-state index contributed by atoms with van der Waals surface area (Å²) in [5, 5.41) is 6.73. The predicted molar refractivity (Wildman–Crippen MR) is 106 cm³/mol. The maximum atomic E-state index is 13.4. The van der Waals surface area contributed by atoms with Crippen LogP contribution in [-0.4, -0.2) is 32.5 Å². The number of benzene rings is 1. The van der Waals surface area contributed by atoms with Crippen molar-refractivity contribution in [2.75, 3.05) is 7.11 Å². The van der Waals surface area contributed by atoms with Crippen LogP contribution in [0.5, 0.6) is 5.75 Å². The van der Waals surface area contributed by atoms with Gasteiger partial charge in [-0.3, -0.25) is 14.2 Å². The van der Waals surface area contributed by atoms with E-state index in [9.17, 15) is 22.4 Å². The van der Waals surface area contributed by atoms with Gasteiger partial charge in [0.2, 0.25) is 5.78 Å². The normalized spacial score (nSPS) is 11.8. The van der Waals surface area contributed by atoms with Gasteiger partial charge in [-0.2, -0.15) is 10.2 Å². The minimum absolute atomic E-state index is 0.280. The molecular weight excluding hydrogens is 440 g/mol. The Morgan fingerprint density at radius 3 is 2.55 bits per heavy atom. The predicted octanol–water partition coefficient (Wildman–Crippen LogP) is 5.10. The summed E-state index contributed by atoms with van der Waals surface area (Å²) < 4.78 is 60.4. The largest absolute Gasteiger partial charge is 0.496 e. The van der Waals surface area contributed by atoms with Gasteiger partial charge in [-0.15, -0.1) is 0 Å². The molecule has 0 aliphatic rings. The van der Waals surface area contributed by atoms with Gasteiger partial charge in [0.25, 0.3) is 12.9 Å². The van der Waals surface area contributed by atoms with Gasteiger partial charge in [0.1, 0.15) is 22.8 Å². The molecule has 6 nitrogen and oxygen atoms in total. The molecule has 0 saturated heterocycles. The van der Waals surface area contributed by atoms with Crippen LogP contribution in [0.15, 0.2) is 36.5 Å². The molecule has 11 heteroatoms. The molecule has 3 rings (SSSR count). The lowest BCUT2D eigenvalue weighted by molar-refractivity contribution is 0.103. The van der Waals surface area contributed by atoms with Gasteiger partial charge in [-0.25, -0.2) is 17.6 Å². The van der Waals surface area contributed by atoms with E-state index in [1.807, 2.05) is 0 Å². The zero-order valence-corrected chi connectivity index (χ0v) is 17.2. The van der Waals surface area contributed by atoms with Crippen LogP contribution in [-0.2, 0) is 13.6 Å². The lowest BCUT2D eigenvalue weighted by atomic mass is 10.1. The molecule has 3 aromatic rings. The fourth-order valence-corrected chi connectivity index (χ4v) is 3.30. The highest BCUT2D eigenvalue weighted by atomic mass is 35.5. The molecule has 0 aliphatic heterocycles. The third kappa shape index (κ3) is 4.79. The molecule has 0 N–H and O–H groups in total. The highest BCUT2D eigenvalue weighted by Gasteiger charge is 2.28. The van der Waals surface area contributed by atoms with E-state index >= 15 is 0 Å². The summed E-state index contributed by atoms with van der Waals surface area (Å²) in [7, 11) is 3.02. The zero-order valence-electron chi connectivity index (χ0n) is 16.4. The summed E-state index contributed by atoms with van der Waals surface area (Å²) in [5.41, 5.74) is -0.367. The monoisotopic (exact) mass is 456 g/mol. The first-order valence-corrected chi connectivity index (χ1v) is 9.30. The second kappa shape index (κ2) is 9.34. The van der Waals surface area contributed by atoms with Crippen molar-refractivity contribution in [3.8, 4) is 5.75 Å². The molecule has 2 aromatic heterocycles. The average Bonchev–Trinajstić information content (AvgIpc) is 3.29. The number of aromatic nitrogens is 4. The number of carbonyl (C=O) groups is 1. The highest BCUT2D eigenvalue weighted by Crippen LogP contribution is 2.35. The third-order valence-corrected chi connectivity index (χ3v) is 4.88. The highest BCUT2D eigenvalue weighted by molar-refractivity contribution is 6.32. The number of halogens is 5. The van der Waals surface area contributed by atoms with E-state index in [4.69, 9.17) is 16.3 Å². The van der Waals surface area contributed by atoms with Crippen LogP contribution in [0.3, 0.4) is 0 Å². The van der Waals surface area contributed by atoms with Crippen LogP contribution >= 0.6 is 11.6 Å². The Morgan fingerprint density at radius 1 is 1.23 bits per heavy atom. The summed E-state index contributed by atoms with van der Waals surface area (Å²) in [6.07, 6.45) is -1.82. The lowest BCUT2D eigenvalue weighted by Gasteiger charge is -2.12. The number of aryl methyl sites for hydroxylation is 1. The Morgan fingerprint density at radius 2 is 1.97 bits per heavy atom. The number of allylic oxidation sites excluding steroid dienone is 1. The molecule has 2 heterocycles. The lowest BCUT2D eigenvalue weighted by Crippen LogP contribution is -2.08. The topological polar surface area (TPSA) is 61.9 Å². The Bertz CT molecular complexity index is 1120. The zero-order chi connectivity index (χ0) is 22.7. The van der Waals surface area contributed by atoms with Crippen LogP contribution in [0.1, 0.15) is 45.9 Å². The molecule has 0 amide bonds. The number of rotatable bonds is 8. The Kier molecular flexibility index (Phi) is 6.79. The number of ether oxygens (including phenoxy) is 1. The maximum Gasteiger partial charge on any atom is 0.283 e. The smallest absolute Gasteiger partial charge is 0.283 e. The van der Waals surface area contributed by atoms with Crippen molar-refractivity contribution in [1.29, 1.82) is 0 Å². The molecule has 0 bridgehead atoms. The summed E-state index contributed by atoms with van der Waals surface area (Å²) in [6, 6.07) is 6.38. The minimum Gasteiger partial charge on any atom is -0.496 e. The van der Waals surface area contributed by atoms with Gasteiger partial charge >= 0.3 is 0 Å². The van der Waals surface area contributed by atoms with E-state index < -0.39 is 29.3 Å². The van der Waals surface area contributed by atoms with Crippen LogP contribution in [0.25, 0.3) is 6.08 Å². The van der Waals surface area contributed by atoms with Gasteiger partial charge in [0.05, 0.1) is 18.7 Å². The molecule has 0 saturated carbocycles. The van der Waals surface area contributed by atoms with Crippen molar-refractivity contribution < 1.29 is 27.1 Å². The summed E-state index contributed by atoms with van der Waals surface area (Å²) in [5.74, 6) is 0.0540. The number of methoxy groups -OCH3 is 1. The average molecular weight is 457 g/mol. The fourth-order valence-electron chi connectivity index (χ4n) is 3.00. The maximum absolute atomic E-state index is 13.4. The van der Waals surface area contributed by atoms with Crippen molar-refractivity contribution in [1.82, 2.24) is 19.6 Å². The Hall–Kier alpha value is -3.14. The van der Waals surface area contributed by atoms with E-state index in [1.165, 1.54) is 30.1 Å². The van der Waals surface area contributed by atoms with Crippen molar-refractivity contribution >= 4 is 23.5 Å². The van der Waals surface area contributed by atoms with Gasteiger partial charge in [0.15, 0.2) is 0 Å². The first-order valence-electron chi connectivity index (χ1n) is 8.92. The van der Waals surface area contributed by atoms with Crippen molar-refractivity contribution in [3.05, 3.63) is 69.8 Å². The third-order valence-electron chi connectivity index (χ3n) is 4.49. The fraction of sp³-hybridized carbons (Fsp3) is 0.250. The SMILES string of the molecule is COc1ccc(/C=C/C(=O)c2ccnn2C)cc1Cn1nc(C(F)F)c(Cl)c1C(F)F. The standard InChI is InChI=1S/C20H17ClF4N4O2/c1-28-13(7-8-26-28)14(30)5-3-11-4-6-15(31-2)12(9-11)10-29-18(20(24)25)16(21)17(27-29)19(22)23/h3-9,19-20H,10H2,1-2H3/b5-3+. The van der Waals surface area contributed by atoms with Gasteiger partial charge in [-0.05, 0) is 29.8 Å². The van der Waals surface area contributed by atoms with Crippen LogP contribution in [0.2, 0.25) is 5.02 Å². The molecule has 0 spiro atoms. The van der Waals surface area contributed by atoms with E-state index in [2.05, 4.69) is 10.2 Å². The summed E-state index contributed by atoms with van der Waals surface area (Å²) in [4.78, 5) is 12.3. The van der Waals surface area contributed by atoms with Crippen LogP contribution < -0.4 is 4.74 Å². The summed E-state index contributed by atoms with van der Waals surface area (Å²) in [6.45, 7) is -0.285. The number of alkyl halides is 4. The molecule has 0 fully saturated rings. The quantitative estimate of drug-likeness (QED) is 0.269. The Balaban J connectivity index is 1.94. The number of hydrogen-bond donors (Lipinski definition) is 0. The Labute approximate surface area is 179 Å². The first-order chi connectivity index (χ1) is 14.7. The second-order valence-corrected chi connectivity index (χ2v) is 6.83. The van der Waals surface area contributed by atoms with Gasteiger partial charge in [0, 0.05) is 18.8 Å². The molecular formula is C20H17ClF4N4O2. The number of carbonyl (C=O) groups excluding carboxylic acids is 1. The van der Waals surface area contributed by atoms with E-state index in [0.717, 1.165) is 4.68 Å². The number of hydrogen-bond acceptors (Lipinski definition) is 4. The molecule has 0 atom stereocenters. The minimum atomic E-state index is -3.10. The number of nitrogens with zero attached hydrogens (tertiary/aromatic N) is 4. The van der Waals surface area contributed by atoms with Gasteiger partial charge < -0.3 is 4.74 Å². The van der Waals surface area contributed by atoms with Crippen molar-refractivity contribution in [2.45, 2.75) is 19.4 Å². The molecule has 164 valence electrons. The number of ketones is 1. The van der Waals surface area contributed by atoms with Crippen LogP contribution in [0, 0.1) is 0 Å².